The number of unbranched alkanes of at least 4 members (excludes halogenated alkanes) is 1. The van der Waals surface area contributed by atoms with Gasteiger partial charge in [-0.2, -0.15) is 0 Å². The summed E-state index contributed by atoms with van der Waals surface area (Å²) in [6.07, 6.45) is 2.27. The topological polar surface area (TPSA) is 63.0 Å². The summed E-state index contributed by atoms with van der Waals surface area (Å²) in [6.45, 7) is 11.3. The average Bonchev–Trinajstić information content (AvgIpc) is 3.14. The van der Waals surface area contributed by atoms with E-state index < -0.39 is 0 Å². The lowest BCUT2D eigenvalue weighted by Gasteiger charge is -2.39. The standard InChI is InChI=1S/C15H25N7S/c1-4-5-6-22-14(17-18-19-22)10-20-7-8-21(13(3)9-20)15-16-12(2)11-23-15/h11,13H,4-10H2,1-3H3/t13-/m1/s1. The first-order chi connectivity index (χ1) is 11.2. The van der Waals surface area contributed by atoms with Crippen LogP contribution in [0.4, 0.5) is 5.13 Å². The quantitative estimate of drug-likeness (QED) is 0.804. The van der Waals surface area contributed by atoms with Crippen LogP contribution in [0, 0.1) is 6.92 Å². The molecule has 1 saturated heterocycles. The van der Waals surface area contributed by atoms with Crippen LogP contribution >= 0.6 is 11.3 Å². The molecule has 0 N–H and O–H groups in total. The molecule has 1 aliphatic rings. The molecule has 1 fully saturated rings. The van der Waals surface area contributed by atoms with Gasteiger partial charge in [-0.25, -0.2) is 9.67 Å². The van der Waals surface area contributed by atoms with E-state index in [9.17, 15) is 0 Å². The van der Waals surface area contributed by atoms with Gasteiger partial charge < -0.3 is 4.90 Å². The van der Waals surface area contributed by atoms with Crippen LogP contribution < -0.4 is 4.90 Å². The summed E-state index contributed by atoms with van der Waals surface area (Å²) >= 11 is 1.74. The third-order valence-electron chi connectivity index (χ3n) is 4.26. The predicted octanol–water partition coefficient (Wildman–Crippen LogP) is 1.95. The normalized spacial score (nSPS) is 19.4. The van der Waals surface area contributed by atoms with Crippen molar-refractivity contribution in [1.29, 1.82) is 0 Å². The lowest BCUT2D eigenvalue weighted by Crippen LogP contribution is -2.51. The van der Waals surface area contributed by atoms with Gasteiger partial charge in [0.05, 0.1) is 12.2 Å². The van der Waals surface area contributed by atoms with E-state index in [4.69, 9.17) is 0 Å². The third kappa shape index (κ3) is 3.87. The number of aryl methyl sites for hydroxylation is 2. The molecule has 126 valence electrons. The number of thiazole rings is 1. The number of anilines is 1. The molecule has 8 heteroatoms. The fraction of sp³-hybridized carbons (Fsp3) is 0.733. The van der Waals surface area contributed by atoms with Crippen LogP contribution in [0.15, 0.2) is 5.38 Å². The predicted molar refractivity (Wildman–Crippen MR) is 91.7 cm³/mol. The molecule has 2 aromatic heterocycles. The van der Waals surface area contributed by atoms with Crippen LogP contribution in [0.2, 0.25) is 0 Å². The fourth-order valence-electron chi connectivity index (χ4n) is 2.95. The Balaban J connectivity index is 1.59. The first-order valence-corrected chi connectivity index (χ1v) is 9.21. The smallest absolute Gasteiger partial charge is 0.185 e. The van der Waals surface area contributed by atoms with Crippen molar-refractivity contribution in [3.63, 3.8) is 0 Å². The van der Waals surface area contributed by atoms with Crippen molar-refractivity contribution in [2.24, 2.45) is 0 Å². The lowest BCUT2D eigenvalue weighted by molar-refractivity contribution is 0.212. The molecule has 0 amide bonds. The molecule has 0 unspecified atom stereocenters. The highest BCUT2D eigenvalue weighted by molar-refractivity contribution is 7.13. The summed E-state index contributed by atoms with van der Waals surface area (Å²) in [5.74, 6) is 0.976. The molecule has 3 rings (SSSR count). The van der Waals surface area contributed by atoms with E-state index in [0.29, 0.717) is 6.04 Å². The van der Waals surface area contributed by atoms with E-state index in [1.54, 1.807) is 11.3 Å². The molecule has 7 nitrogen and oxygen atoms in total. The van der Waals surface area contributed by atoms with E-state index in [-0.39, 0.29) is 0 Å². The van der Waals surface area contributed by atoms with Gasteiger partial charge in [-0.05, 0) is 30.7 Å². The number of nitrogens with zero attached hydrogens (tertiary/aromatic N) is 7. The summed E-state index contributed by atoms with van der Waals surface area (Å²) in [5.41, 5.74) is 1.11. The van der Waals surface area contributed by atoms with Gasteiger partial charge in [0.1, 0.15) is 0 Å². The highest BCUT2D eigenvalue weighted by atomic mass is 32.1. The second-order valence-corrected chi connectivity index (χ2v) is 7.06. The van der Waals surface area contributed by atoms with Gasteiger partial charge in [-0.3, -0.25) is 4.90 Å². The van der Waals surface area contributed by atoms with Gasteiger partial charge in [0.15, 0.2) is 11.0 Å². The lowest BCUT2D eigenvalue weighted by atomic mass is 10.2. The van der Waals surface area contributed by atoms with Crippen molar-refractivity contribution < 1.29 is 0 Å². The minimum atomic E-state index is 0.453. The Morgan fingerprint density at radius 1 is 1.35 bits per heavy atom. The molecule has 1 aliphatic heterocycles. The fourth-order valence-corrected chi connectivity index (χ4v) is 3.88. The van der Waals surface area contributed by atoms with Crippen molar-refractivity contribution in [3.8, 4) is 0 Å². The van der Waals surface area contributed by atoms with Crippen LogP contribution in [0.1, 0.15) is 38.2 Å². The minimum Gasteiger partial charge on any atom is -0.343 e. The molecule has 0 saturated carbocycles. The maximum absolute atomic E-state index is 4.62. The highest BCUT2D eigenvalue weighted by Crippen LogP contribution is 2.24. The van der Waals surface area contributed by atoms with E-state index in [1.165, 1.54) is 0 Å². The molecular weight excluding hydrogens is 310 g/mol. The molecule has 0 aliphatic carbocycles. The number of hydrogen-bond donors (Lipinski definition) is 0. The van der Waals surface area contributed by atoms with Gasteiger partial charge in [0.25, 0.3) is 0 Å². The van der Waals surface area contributed by atoms with E-state index >= 15 is 0 Å². The molecule has 3 heterocycles. The molecule has 0 aromatic carbocycles. The first kappa shape index (κ1) is 16.3. The van der Waals surface area contributed by atoms with Gasteiger partial charge >= 0.3 is 0 Å². The number of hydrogen-bond acceptors (Lipinski definition) is 7. The largest absolute Gasteiger partial charge is 0.343 e. The van der Waals surface area contributed by atoms with Crippen LogP contribution in [-0.2, 0) is 13.1 Å². The van der Waals surface area contributed by atoms with Gasteiger partial charge in [-0.1, -0.05) is 13.3 Å². The van der Waals surface area contributed by atoms with Gasteiger partial charge in [0, 0.05) is 37.6 Å². The van der Waals surface area contributed by atoms with Crippen molar-refractivity contribution in [2.45, 2.75) is 52.7 Å². The van der Waals surface area contributed by atoms with Crippen molar-refractivity contribution >= 4 is 16.5 Å². The third-order valence-corrected chi connectivity index (χ3v) is 5.25. The summed E-state index contributed by atoms with van der Waals surface area (Å²) in [7, 11) is 0. The molecule has 23 heavy (non-hydrogen) atoms. The van der Waals surface area contributed by atoms with Crippen LogP contribution in [-0.4, -0.2) is 55.8 Å². The Morgan fingerprint density at radius 3 is 2.91 bits per heavy atom. The number of aromatic nitrogens is 5. The van der Waals surface area contributed by atoms with Crippen molar-refractivity contribution in [2.75, 3.05) is 24.5 Å². The second kappa shape index (κ2) is 7.35. The minimum absolute atomic E-state index is 0.453. The maximum atomic E-state index is 4.62. The van der Waals surface area contributed by atoms with Gasteiger partial charge in [-0.15, -0.1) is 16.4 Å². The molecule has 0 spiro atoms. The summed E-state index contributed by atoms with van der Waals surface area (Å²) in [6, 6.07) is 0.453. The number of piperazine rings is 1. The van der Waals surface area contributed by atoms with Crippen LogP contribution in [0.3, 0.4) is 0 Å². The summed E-state index contributed by atoms with van der Waals surface area (Å²) in [5, 5.41) is 15.4. The number of rotatable bonds is 6. The Kier molecular flexibility index (Phi) is 5.22. The second-order valence-electron chi connectivity index (χ2n) is 6.22. The molecule has 0 radical (unpaired) electrons. The summed E-state index contributed by atoms with van der Waals surface area (Å²) in [4.78, 5) is 9.47. The van der Waals surface area contributed by atoms with Crippen LogP contribution in [0.25, 0.3) is 0 Å². The van der Waals surface area contributed by atoms with Crippen molar-refractivity contribution in [1.82, 2.24) is 30.1 Å². The van der Waals surface area contributed by atoms with E-state index in [2.05, 4.69) is 56.5 Å². The van der Waals surface area contributed by atoms with Crippen molar-refractivity contribution in [3.05, 3.63) is 16.9 Å². The monoisotopic (exact) mass is 335 g/mol. The van der Waals surface area contributed by atoms with Crippen LogP contribution in [0.5, 0.6) is 0 Å². The zero-order chi connectivity index (χ0) is 16.2. The zero-order valence-corrected chi connectivity index (χ0v) is 15.0. The Morgan fingerprint density at radius 2 is 2.22 bits per heavy atom. The Bertz CT molecular complexity index is 623. The zero-order valence-electron chi connectivity index (χ0n) is 14.1. The summed E-state index contributed by atoms with van der Waals surface area (Å²) < 4.78 is 1.95. The Labute approximate surface area is 141 Å². The highest BCUT2D eigenvalue weighted by Gasteiger charge is 2.26. The number of tetrazole rings is 1. The maximum Gasteiger partial charge on any atom is 0.185 e. The molecule has 1 atom stereocenters. The van der Waals surface area contributed by atoms with Gasteiger partial charge in [0.2, 0.25) is 0 Å². The molecular formula is C15H25N7S. The van der Waals surface area contributed by atoms with E-state index in [0.717, 1.165) is 62.2 Å². The SMILES string of the molecule is CCCCn1nnnc1CN1CCN(c2nc(C)cs2)[C@H](C)C1. The first-order valence-electron chi connectivity index (χ1n) is 8.33. The van der Waals surface area contributed by atoms with E-state index in [1.807, 2.05) is 4.68 Å². The molecule has 2 aromatic rings. The molecule has 0 bridgehead atoms. The Hall–Kier alpha value is -1.54. The average molecular weight is 335 g/mol.